The van der Waals surface area contributed by atoms with Crippen LogP contribution in [-0.4, -0.2) is 53.7 Å². The number of hydrogen-bond donors (Lipinski definition) is 1. The van der Waals surface area contributed by atoms with Gasteiger partial charge in [-0.05, 0) is 6.07 Å². The van der Waals surface area contributed by atoms with Crippen LogP contribution in [-0.2, 0) is 14.4 Å². The third-order valence-corrected chi connectivity index (χ3v) is 3.46. The molecule has 0 atom stereocenters. The molecular weight excluding hydrogens is 272 g/mol. The van der Waals surface area contributed by atoms with Crippen molar-refractivity contribution in [3.63, 3.8) is 0 Å². The van der Waals surface area contributed by atoms with Crippen molar-refractivity contribution in [2.75, 3.05) is 26.2 Å². The third-order valence-electron chi connectivity index (χ3n) is 3.46. The number of carbonyl (C=O) groups excluding carboxylic acids is 3. The number of nitrogens with one attached hydrogen (secondary N) is 1. The quantitative estimate of drug-likeness (QED) is 0.609. The maximum Gasteiger partial charge on any atom is 0.295 e. The molecule has 1 N–H and O–H groups in total. The molecule has 3 heterocycles. The fraction of sp³-hybridized carbons (Fsp3) is 0.286. The topological polar surface area (TPSA) is 91.7 Å². The Kier molecular flexibility index (Phi) is 3.43. The summed E-state index contributed by atoms with van der Waals surface area (Å²) in [6.45, 7) is 2.33. The lowest BCUT2D eigenvalue weighted by molar-refractivity contribution is -0.142. The summed E-state index contributed by atoms with van der Waals surface area (Å²) in [6.07, 6.45) is 2.69. The summed E-state index contributed by atoms with van der Waals surface area (Å²) in [4.78, 5) is 44.9. The Hall–Kier alpha value is -2.63. The van der Waals surface area contributed by atoms with E-state index in [0.29, 0.717) is 31.5 Å². The second-order valence-corrected chi connectivity index (χ2v) is 4.70. The maximum atomic E-state index is 12.3. The molecule has 7 nitrogen and oxygen atoms in total. The Morgan fingerprint density at radius 2 is 2.05 bits per heavy atom. The van der Waals surface area contributed by atoms with Gasteiger partial charge in [0.15, 0.2) is 0 Å². The second kappa shape index (κ2) is 5.40. The van der Waals surface area contributed by atoms with E-state index in [1.54, 1.807) is 5.94 Å². The van der Waals surface area contributed by atoms with E-state index in [1.807, 2.05) is 0 Å². The van der Waals surface area contributed by atoms with Gasteiger partial charge in [-0.15, -0.1) is 0 Å². The predicted molar refractivity (Wildman–Crippen MR) is 72.2 cm³/mol. The minimum atomic E-state index is -0.644. The molecule has 0 bridgehead atoms. The zero-order valence-electron chi connectivity index (χ0n) is 11.1. The van der Waals surface area contributed by atoms with Gasteiger partial charge in [0.25, 0.3) is 11.7 Å². The highest BCUT2D eigenvalue weighted by Crippen LogP contribution is 2.14. The summed E-state index contributed by atoms with van der Waals surface area (Å²) >= 11 is 0. The van der Waals surface area contributed by atoms with Crippen LogP contribution in [0.25, 0.3) is 5.57 Å². The first-order valence-electron chi connectivity index (χ1n) is 6.55. The van der Waals surface area contributed by atoms with Crippen LogP contribution in [0, 0.1) is 0 Å². The van der Waals surface area contributed by atoms with Gasteiger partial charge >= 0.3 is 0 Å². The Balaban J connectivity index is 1.90. The fourth-order valence-corrected chi connectivity index (χ4v) is 2.35. The molecule has 1 fully saturated rings. The van der Waals surface area contributed by atoms with E-state index in [2.05, 4.69) is 15.3 Å². The van der Waals surface area contributed by atoms with Gasteiger partial charge in [0.05, 0.1) is 10.8 Å². The van der Waals surface area contributed by atoms with E-state index < -0.39 is 11.7 Å². The van der Waals surface area contributed by atoms with Gasteiger partial charge in [0, 0.05) is 38.6 Å². The highest BCUT2D eigenvalue weighted by atomic mass is 16.2. The van der Waals surface area contributed by atoms with Crippen molar-refractivity contribution in [1.82, 2.24) is 15.2 Å². The molecule has 2 aliphatic rings. The molecule has 1 aromatic heterocycles. The highest BCUT2D eigenvalue weighted by Gasteiger charge is 2.29. The lowest BCUT2D eigenvalue weighted by Crippen LogP contribution is -2.49. The van der Waals surface area contributed by atoms with E-state index in [1.165, 1.54) is 23.4 Å². The van der Waals surface area contributed by atoms with Crippen LogP contribution < -0.4 is 15.9 Å². The van der Waals surface area contributed by atoms with Crippen LogP contribution in [0.4, 0.5) is 0 Å². The molecule has 0 aliphatic carbocycles. The molecule has 1 amide bonds. The number of nitrogens with zero attached hydrogens (tertiary/aromatic N) is 3. The standard InChI is InChI=1S/C14H12N4O3/c19-8-9-1-2-16-12-10(7-17-11(9)12)13(20)14(21)18-5-3-15-4-6-18/h1-2,7,15H,3-6H2. The summed E-state index contributed by atoms with van der Waals surface area (Å²) in [5, 5.41) is 3.64. The number of rotatable bonds is 2. The van der Waals surface area contributed by atoms with Crippen LogP contribution >= 0.6 is 0 Å². The molecule has 106 valence electrons. The van der Waals surface area contributed by atoms with Gasteiger partial charge in [0.2, 0.25) is 0 Å². The molecule has 1 saturated heterocycles. The number of aromatic nitrogens is 1. The summed E-state index contributed by atoms with van der Waals surface area (Å²) in [5.41, 5.74) is 0.398. The predicted octanol–water partition coefficient (Wildman–Crippen LogP) is -2.44. The normalized spacial score (nSPS) is 16.6. The van der Waals surface area contributed by atoms with E-state index in [9.17, 15) is 14.4 Å². The highest BCUT2D eigenvalue weighted by molar-refractivity contribution is 6.53. The van der Waals surface area contributed by atoms with Crippen molar-refractivity contribution in [1.29, 1.82) is 0 Å². The van der Waals surface area contributed by atoms with Crippen molar-refractivity contribution in [3.8, 4) is 0 Å². The lowest BCUT2D eigenvalue weighted by atomic mass is 10.1. The first-order chi connectivity index (χ1) is 10.2. The van der Waals surface area contributed by atoms with E-state index >= 15 is 0 Å². The SMILES string of the molecule is O=C=c1ccnc2c1=NC=C2C(=O)C(=O)N1CCNCC1. The van der Waals surface area contributed by atoms with Crippen LogP contribution in [0.3, 0.4) is 0 Å². The van der Waals surface area contributed by atoms with Crippen LogP contribution in [0.5, 0.6) is 0 Å². The number of fused-ring (bicyclic) bond motifs is 1. The molecule has 0 spiro atoms. The van der Waals surface area contributed by atoms with Gasteiger partial charge in [-0.3, -0.25) is 19.6 Å². The molecule has 0 saturated carbocycles. The number of ketones is 1. The summed E-state index contributed by atoms with van der Waals surface area (Å²) in [6, 6.07) is 1.47. The summed E-state index contributed by atoms with van der Waals surface area (Å²) < 4.78 is 0. The van der Waals surface area contributed by atoms with E-state index in [-0.39, 0.29) is 16.5 Å². The molecule has 0 aromatic carbocycles. The average Bonchev–Trinajstić information content (AvgIpc) is 2.98. The minimum Gasteiger partial charge on any atom is -0.333 e. The number of piperazine rings is 1. The maximum absolute atomic E-state index is 12.3. The Morgan fingerprint density at radius 3 is 2.76 bits per heavy atom. The molecular formula is C14H12N4O3. The van der Waals surface area contributed by atoms with E-state index in [4.69, 9.17) is 0 Å². The minimum absolute atomic E-state index is 0.130. The number of carbonyl (C=O) groups is 2. The summed E-state index contributed by atoms with van der Waals surface area (Å²) in [5.74, 6) is 0.542. The Morgan fingerprint density at radius 1 is 1.29 bits per heavy atom. The molecule has 1 aromatic rings. The van der Waals surface area contributed by atoms with Crippen molar-refractivity contribution < 1.29 is 14.4 Å². The van der Waals surface area contributed by atoms with Crippen molar-refractivity contribution in [3.05, 3.63) is 34.7 Å². The number of amides is 1. The van der Waals surface area contributed by atoms with Gasteiger partial charge in [-0.2, -0.15) is 0 Å². The van der Waals surface area contributed by atoms with Gasteiger partial charge in [-0.1, -0.05) is 0 Å². The zero-order valence-corrected chi connectivity index (χ0v) is 11.1. The number of hydrogen-bond acceptors (Lipinski definition) is 6. The van der Waals surface area contributed by atoms with Crippen LogP contribution in [0.2, 0.25) is 0 Å². The third kappa shape index (κ3) is 2.29. The monoisotopic (exact) mass is 284 g/mol. The molecule has 7 heteroatoms. The Bertz CT molecular complexity index is 787. The van der Waals surface area contributed by atoms with E-state index in [0.717, 1.165) is 0 Å². The molecule has 0 radical (unpaired) electrons. The molecule has 3 rings (SSSR count). The number of pyridine rings is 1. The number of Topliss-reactive ketones (excluding diaryl/α,β-unsaturated/α-hetero) is 1. The largest absolute Gasteiger partial charge is 0.333 e. The second-order valence-electron chi connectivity index (χ2n) is 4.70. The van der Waals surface area contributed by atoms with Crippen LogP contribution in [0.1, 0.15) is 5.69 Å². The van der Waals surface area contributed by atoms with Gasteiger partial charge in [-0.25, -0.2) is 4.79 Å². The molecule has 21 heavy (non-hydrogen) atoms. The fourth-order valence-electron chi connectivity index (χ4n) is 2.35. The van der Waals surface area contributed by atoms with Crippen molar-refractivity contribution >= 4 is 23.2 Å². The van der Waals surface area contributed by atoms with Crippen molar-refractivity contribution in [2.24, 2.45) is 4.99 Å². The Labute approximate surface area is 119 Å². The molecule has 0 unspecified atom stereocenters. The zero-order chi connectivity index (χ0) is 14.8. The van der Waals surface area contributed by atoms with Crippen molar-refractivity contribution in [2.45, 2.75) is 0 Å². The summed E-state index contributed by atoms with van der Waals surface area (Å²) in [7, 11) is 0. The average molecular weight is 284 g/mol. The van der Waals surface area contributed by atoms with Crippen LogP contribution in [0.15, 0.2) is 23.5 Å². The smallest absolute Gasteiger partial charge is 0.295 e. The first kappa shape index (κ1) is 13.4. The first-order valence-corrected chi connectivity index (χ1v) is 6.55. The van der Waals surface area contributed by atoms with Gasteiger partial charge in [0.1, 0.15) is 17.0 Å². The lowest BCUT2D eigenvalue weighted by Gasteiger charge is -2.26. The van der Waals surface area contributed by atoms with Gasteiger partial charge < -0.3 is 10.2 Å². The molecule has 2 aliphatic heterocycles.